The van der Waals surface area contributed by atoms with E-state index in [1.807, 2.05) is 12.1 Å². The number of halogens is 1. The van der Waals surface area contributed by atoms with Crippen LogP contribution >= 0.6 is 0 Å². The van der Waals surface area contributed by atoms with E-state index in [1.165, 1.54) is 12.1 Å². The summed E-state index contributed by atoms with van der Waals surface area (Å²) in [6.45, 7) is 0.247. The van der Waals surface area contributed by atoms with E-state index in [-0.39, 0.29) is 31.0 Å². The Morgan fingerprint density at radius 3 is 2.83 bits per heavy atom. The van der Waals surface area contributed by atoms with Crippen LogP contribution in [0.5, 0.6) is 0 Å². The molecule has 6 heteroatoms. The van der Waals surface area contributed by atoms with E-state index in [4.69, 9.17) is 10.5 Å². The maximum atomic E-state index is 12.8. The Morgan fingerprint density at radius 2 is 2.17 bits per heavy atom. The van der Waals surface area contributed by atoms with Crippen LogP contribution in [0.2, 0.25) is 0 Å². The average molecular weight is 246 g/mol. The number of amides is 1. The summed E-state index contributed by atoms with van der Waals surface area (Å²) in [6, 6.07) is 7.43. The summed E-state index contributed by atoms with van der Waals surface area (Å²) in [5.41, 5.74) is 0.536. The van der Waals surface area contributed by atoms with Gasteiger partial charge in [0.1, 0.15) is 11.9 Å². The van der Waals surface area contributed by atoms with Crippen LogP contribution in [0, 0.1) is 28.5 Å². The molecule has 0 fully saturated rings. The molecule has 0 spiro atoms. The second-order valence-corrected chi connectivity index (χ2v) is 3.41. The predicted octanol–water partition coefficient (Wildman–Crippen LogP) is 1.14. The standard InChI is InChI=1S/C12H11FN4O/c13-10-2-3-11(9(6-10)7-15)17-8-12(18)16-5-1-4-14/h2-3,6,17H,1,5,8H2,(H,16,18). The molecule has 0 bridgehead atoms. The van der Waals surface area contributed by atoms with Gasteiger partial charge in [-0.25, -0.2) is 4.39 Å². The summed E-state index contributed by atoms with van der Waals surface area (Å²) in [7, 11) is 0. The average Bonchev–Trinajstić information content (AvgIpc) is 2.37. The second-order valence-electron chi connectivity index (χ2n) is 3.41. The molecular formula is C12H11FN4O. The SMILES string of the molecule is N#CCCNC(=O)CNc1ccc(F)cc1C#N. The number of carbonyl (C=O) groups excluding carboxylic acids is 1. The lowest BCUT2D eigenvalue weighted by Gasteiger charge is -2.08. The number of benzene rings is 1. The zero-order valence-corrected chi connectivity index (χ0v) is 9.53. The molecule has 5 nitrogen and oxygen atoms in total. The van der Waals surface area contributed by atoms with Gasteiger partial charge in [-0.2, -0.15) is 10.5 Å². The summed E-state index contributed by atoms with van der Waals surface area (Å²) >= 11 is 0. The number of rotatable bonds is 5. The summed E-state index contributed by atoms with van der Waals surface area (Å²) in [6.07, 6.45) is 0.242. The van der Waals surface area contributed by atoms with Gasteiger partial charge < -0.3 is 10.6 Å². The first-order chi connectivity index (χ1) is 8.67. The zero-order valence-electron chi connectivity index (χ0n) is 9.53. The molecule has 0 saturated carbocycles. The molecule has 92 valence electrons. The summed E-state index contributed by atoms with van der Waals surface area (Å²) in [4.78, 5) is 11.3. The number of carbonyl (C=O) groups is 1. The highest BCUT2D eigenvalue weighted by Gasteiger charge is 2.05. The Bertz CT molecular complexity index is 516. The van der Waals surface area contributed by atoms with Crippen LogP contribution in [-0.2, 0) is 4.79 Å². The molecule has 0 atom stereocenters. The molecule has 0 saturated heterocycles. The van der Waals surface area contributed by atoms with Crippen molar-refractivity contribution in [2.24, 2.45) is 0 Å². The number of anilines is 1. The minimum absolute atomic E-state index is 0.0360. The third kappa shape index (κ3) is 4.11. The van der Waals surface area contributed by atoms with Crippen molar-refractivity contribution in [1.29, 1.82) is 10.5 Å². The zero-order chi connectivity index (χ0) is 13.4. The smallest absolute Gasteiger partial charge is 0.239 e. The fraction of sp³-hybridized carbons (Fsp3) is 0.250. The van der Waals surface area contributed by atoms with Crippen molar-refractivity contribution in [3.8, 4) is 12.1 Å². The van der Waals surface area contributed by atoms with Crippen molar-refractivity contribution in [3.05, 3.63) is 29.6 Å². The van der Waals surface area contributed by atoms with Crippen LogP contribution in [0.4, 0.5) is 10.1 Å². The summed E-state index contributed by atoms with van der Waals surface area (Å²) < 4.78 is 12.8. The molecule has 2 N–H and O–H groups in total. The van der Waals surface area contributed by atoms with E-state index in [2.05, 4.69) is 10.6 Å². The molecule has 0 radical (unpaired) electrons. The second kappa shape index (κ2) is 6.87. The molecule has 1 rings (SSSR count). The number of nitrogens with one attached hydrogen (secondary N) is 2. The van der Waals surface area contributed by atoms with Crippen LogP contribution in [-0.4, -0.2) is 19.0 Å². The first-order valence-corrected chi connectivity index (χ1v) is 5.24. The Balaban J connectivity index is 2.51. The molecule has 0 aliphatic rings. The maximum Gasteiger partial charge on any atom is 0.239 e. The molecule has 1 amide bonds. The Kier molecular flexibility index (Phi) is 5.14. The van der Waals surface area contributed by atoms with Crippen LogP contribution in [0.15, 0.2) is 18.2 Å². The molecule has 1 aromatic carbocycles. The molecule has 18 heavy (non-hydrogen) atoms. The van der Waals surface area contributed by atoms with Crippen molar-refractivity contribution >= 4 is 11.6 Å². The lowest BCUT2D eigenvalue weighted by molar-refractivity contribution is -0.119. The number of nitriles is 2. The van der Waals surface area contributed by atoms with Gasteiger partial charge in [0.25, 0.3) is 0 Å². The van der Waals surface area contributed by atoms with Crippen molar-refractivity contribution in [1.82, 2.24) is 5.32 Å². The third-order valence-electron chi connectivity index (χ3n) is 2.10. The van der Waals surface area contributed by atoms with E-state index in [0.717, 1.165) is 6.07 Å². The van der Waals surface area contributed by atoms with Gasteiger partial charge in [-0.3, -0.25) is 4.79 Å². The van der Waals surface area contributed by atoms with Crippen molar-refractivity contribution in [3.63, 3.8) is 0 Å². The van der Waals surface area contributed by atoms with E-state index in [0.29, 0.717) is 5.69 Å². The lowest BCUT2D eigenvalue weighted by Crippen LogP contribution is -2.30. The largest absolute Gasteiger partial charge is 0.375 e. The van der Waals surface area contributed by atoms with Gasteiger partial charge in [-0.15, -0.1) is 0 Å². The Morgan fingerprint density at radius 1 is 1.39 bits per heavy atom. The highest BCUT2D eigenvalue weighted by molar-refractivity contribution is 5.81. The minimum Gasteiger partial charge on any atom is -0.375 e. The molecule has 0 heterocycles. The molecule has 1 aromatic rings. The molecule has 0 aromatic heterocycles. The fourth-order valence-corrected chi connectivity index (χ4v) is 1.26. The van der Waals surface area contributed by atoms with Gasteiger partial charge >= 0.3 is 0 Å². The van der Waals surface area contributed by atoms with Crippen molar-refractivity contribution in [2.45, 2.75) is 6.42 Å². The summed E-state index contributed by atoms with van der Waals surface area (Å²) in [5, 5.41) is 22.3. The van der Waals surface area contributed by atoms with Gasteiger partial charge in [0.2, 0.25) is 5.91 Å². The van der Waals surface area contributed by atoms with Crippen LogP contribution < -0.4 is 10.6 Å². The monoisotopic (exact) mass is 246 g/mol. The number of hydrogen-bond acceptors (Lipinski definition) is 4. The van der Waals surface area contributed by atoms with Crippen molar-refractivity contribution < 1.29 is 9.18 Å². The normalized spacial score (nSPS) is 9.06. The van der Waals surface area contributed by atoms with E-state index in [9.17, 15) is 9.18 Å². The highest BCUT2D eigenvalue weighted by atomic mass is 19.1. The molecular weight excluding hydrogens is 235 g/mol. The van der Waals surface area contributed by atoms with Crippen LogP contribution in [0.25, 0.3) is 0 Å². The molecule has 0 unspecified atom stereocenters. The van der Waals surface area contributed by atoms with Crippen molar-refractivity contribution in [2.75, 3.05) is 18.4 Å². The van der Waals surface area contributed by atoms with Gasteiger partial charge in [0.05, 0.1) is 30.3 Å². The predicted molar refractivity (Wildman–Crippen MR) is 62.8 cm³/mol. The molecule has 0 aliphatic heterocycles. The van der Waals surface area contributed by atoms with Crippen LogP contribution in [0.3, 0.4) is 0 Å². The third-order valence-corrected chi connectivity index (χ3v) is 2.10. The van der Waals surface area contributed by atoms with E-state index in [1.54, 1.807) is 0 Å². The number of nitrogens with zero attached hydrogens (tertiary/aromatic N) is 2. The maximum absolute atomic E-state index is 12.8. The van der Waals surface area contributed by atoms with Gasteiger partial charge in [0.15, 0.2) is 0 Å². The van der Waals surface area contributed by atoms with Gasteiger partial charge in [-0.1, -0.05) is 0 Å². The van der Waals surface area contributed by atoms with Gasteiger partial charge in [0, 0.05) is 6.54 Å². The van der Waals surface area contributed by atoms with E-state index >= 15 is 0 Å². The quantitative estimate of drug-likeness (QED) is 0.762. The minimum atomic E-state index is -0.504. The Labute approximate surface area is 104 Å². The first-order valence-electron chi connectivity index (χ1n) is 5.24. The van der Waals surface area contributed by atoms with E-state index < -0.39 is 5.82 Å². The summed E-state index contributed by atoms with van der Waals surface area (Å²) in [5.74, 6) is -0.797. The van der Waals surface area contributed by atoms with Crippen LogP contribution in [0.1, 0.15) is 12.0 Å². The fourth-order valence-electron chi connectivity index (χ4n) is 1.26. The topological polar surface area (TPSA) is 88.7 Å². The Hall–Kier alpha value is -2.60. The molecule has 0 aliphatic carbocycles. The first kappa shape index (κ1) is 13.5. The number of hydrogen-bond donors (Lipinski definition) is 2. The van der Waals surface area contributed by atoms with Gasteiger partial charge in [-0.05, 0) is 18.2 Å². The highest BCUT2D eigenvalue weighted by Crippen LogP contribution is 2.15. The lowest BCUT2D eigenvalue weighted by atomic mass is 10.2.